The maximum Gasteiger partial charge on any atom is 0.341 e. The lowest BCUT2D eigenvalue weighted by Crippen LogP contribution is -2.35. The summed E-state index contributed by atoms with van der Waals surface area (Å²) in [4.78, 5) is 28.5. The number of rotatable bonds is 6. The van der Waals surface area contributed by atoms with Crippen molar-refractivity contribution in [2.45, 2.75) is 58.8 Å². The molecule has 1 aromatic heterocycles. The van der Waals surface area contributed by atoms with Crippen LogP contribution >= 0.6 is 11.3 Å². The Morgan fingerprint density at radius 1 is 1.23 bits per heavy atom. The Morgan fingerprint density at radius 2 is 1.96 bits per heavy atom. The van der Waals surface area contributed by atoms with Gasteiger partial charge in [0.05, 0.1) is 12.2 Å². The van der Waals surface area contributed by atoms with Crippen molar-refractivity contribution < 1.29 is 14.3 Å². The van der Waals surface area contributed by atoms with Crippen molar-refractivity contribution in [1.29, 1.82) is 0 Å². The Hall–Kier alpha value is -1.40. The monoisotopic (exact) mass is 378 g/mol. The quantitative estimate of drug-likeness (QED) is 0.764. The third kappa shape index (κ3) is 4.65. The predicted octanol–water partition coefficient (Wildman–Crippen LogP) is 3.86. The molecule has 1 amide bonds. The first kappa shape index (κ1) is 19.4. The summed E-state index contributed by atoms with van der Waals surface area (Å²) in [7, 11) is 0. The number of likely N-dealkylation sites (tertiary alicyclic amines) is 1. The summed E-state index contributed by atoms with van der Waals surface area (Å²) in [5.41, 5.74) is 1.70. The zero-order valence-corrected chi connectivity index (χ0v) is 16.8. The third-order valence-corrected chi connectivity index (χ3v) is 6.64. The van der Waals surface area contributed by atoms with Gasteiger partial charge in [0.25, 0.3) is 0 Å². The van der Waals surface area contributed by atoms with Crippen LogP contribution in [0.15, 0.2) is 0 Å². The average molecular weight is 379 g/mol. The lowest BCUT2D eigenvalue weighted by molar-refractivity contribution is -0.116. The number of anilines is 1. The Balaban J connectivity index is 1.63. The molecule has 5 nitrogen and oxygen atoms in total. The normalized spacial score (nSPS) is 18.4. The van der Waals surface area contributed by atoms with E-state index in [0.29, 0.717) is 23.6 Å². The molecule has 1 fully saturated rings. The number of hydrogen-bond donors (Lipinski definition) is 1. The molecule has 2 aliphatic rings. The second-order valence-electron chi connectivity index (χ2n) is 7.46. The molecule has 6 heteroatoms. The van der Waals surface area contributed by atoms with Crippen molar-refractivity contribution in [3.05, 3.63) is 16.0 Å². The third-order valence-electron chi connectivity index (χ3n) is 5.44. The summed E-state index contributed by atoms with van der Waals surface area (Å²) >= 11 is 1.56. The van der Waals surface area contributed by atoms with Crippen molar-refractivity contribution in [2.75, 3.05) is 31.6 Å². The fourth-order valence-electron chi connectivity index (χ4n) is 3.81. The van der Waals surface area contributed by atoms with Gasteiger partial charge in [0.2, 0.25) is 5.91 Å². The molecule has 144 valence electrons. The van der Waals surface area contributed by atoms with E-state index in [1.807, 2.05) is 6.92 Å². The predicted molar refractivity (Wildman–Crippen MR) is 105 cm³/mol. The number of ether oxygens (including phenoxy) is 1. The molecule has 1 aliphatic heterocycles. The lowest BCUT2D eigenvalue weighted by atomic mass is 9.95. The summed E-state index contributed by atoms with van der Waals surface area (Å²) in [5.74, 6) is 0.490. The van der Waals surface area contributed by atoms with Crippen molar-refractivity contribution >= 4 is 28.2 Å². The minimum absolute atomic E-state index is 0.00670. The van der Waals surface area contributed by atoms with Gasteiger partial charge in [-0.05, 0) is 70.0 Å². The van der Waals surface area contributed by atoms with E-state index in [2.05, 4.69) is 17.1 Å². The molecule has 1 aromatic rings. The highest BCUT2D eigenvalue weighted by molar-refractivity contribution is 7.17. The molecular weight excluding hydrogens is 348 g/mol. The van der Waals surface area contributed by atoms with E-state index in [1.165, 1.54) is 17.7 Å². The highest BCUT2D eigenvalue weighted by Gasteiger charge is 2.27. The molecule has 0 saturated carbocycles. The molecule has 1 aliphatic carbocycles. The number of aryl methyl sites for hydroxylation is 1. The second-order valence-corrected chi connectivity index (χ2v) is 8.56. The molecule has 26 heavy (non-hydrogen) atoms. The maximum atomic E-state index is 12.5. The number of nitrogens with zero attached hydrogens (tertiary/aromatic N) is 1. The van der Waals surface area contributed by atoms with Crippen LogP contribution in [0.5, 0.6) is 0 Å². The van der Waals surface area contributed by atoms with Crippen molar-refractivity contribution in [3.8, 4) is 0 Å². The van der Waals surface area contributed by atoms with Gasteiger partial charge >= 0.3 is 5.97 Å². The highest BCUT2D eigenvalue weighted by atomic mass is 32.1. The molecule has 3 rings (SSSR count). The molecule has 0 aromatic carbocycles. The van der Waals surface area contributed by atoms with Crippen LogP contribution in [-0.4, -0.2) is 43.0 Å². The first-order chi connectivity index (χ1) is 12.6. The molecule has 0 unspecified atom stereocenters. The van der Waals surface area contributed by atoms with E-state index in [1.54, 1.807) is 11.3 Å². The van der Waals surface area contributed by atoms with Crippen molar-refractivity contribution in [3.63, 3.8) is 0 Å². The average Bonchev–Trinajstić information content (AvgIpc) is 2.99. The molecule has 0 atom stereocenters. The van der Waals surface area contributed by atoms with Crippen LogP contribution in [0.4, 0.5) is 5.00 Å². The summed E-state index contributed by atoms with van der Waals surface area (Å²) in [6, 6.07) is 0. The zero-order valence-electron chi connectivity index (χ0n) is 15.9. The second kappa shape index (κ2) is 9.00. The number of hydrogen-bond acceptors (Lipinski definition) is 5. The van der Waals surface area contributed by atoms with Crippen LogP contribution < -0.4 is 5.32 Å². The smallest absolute Gasteiger partial charge is 0.341 e. The van der Waals surface area contributed by atoms with E-state index in [-0.39, 0.29) is 11.9 Å². The largest absolute Gasteiger partial charge is 0.462 e. The van der Waals surface area contributed by atoms with Crippen LogP contribution in [0, 0.1) is 5.92 Å². The van der Waals surface area contributed by atoms with Gasteiger partial charge < -0.3 is 15.0 Å². The Labute approximate surface area is 160 Å². The topological polar surface area (TPSA) is 58.6 Å². The molecule has 0 spiro atoms. The standard InChI is InChI=1S/C20H30N2O3S/c1-3-25-20(24)18-15-6-4-5-7-16(15)26-19(18)21-17(23)10-13-22-11-8-14(2)9-12-22/h14H,3-13H2,1-2H3,(H,21,23). The molecule has 0 bridgehead atoms. The summed E-state index contributed by atoms with van der Waals surface area (Å²) in [5, 5.41) is 3.70. The zero-order chi connectivity index (χ0) is 18.5. The van der Waals surface area contributed by atoms with Crippen LogP contribution in [0.1, 0.15) is 66.8 Å². The van der Waals surface area contributed by atoms with Gasteiger partial charge in [0, 0.05) is 17.8 Å². The van der Waals surface area contributed by atoms with Gasteiger partial charge in [-0.1, -0.05) is 6.92 Å². The SMILES string of the molecule is CCOC(=O)c1c(NC(=O)CCN2CCC(C)CC2)sc2c1CCCC2. The Kier molecular flexibility index (Phi) is 6.70. The number of carbonyl (C=O) groups excluding carboxylic acids is 2. The first-order valence-corrected chi connectivity index (χ1v) is 10.7. The number of esters is 1. The minimum Gasteiger partial charge on any atom is -0.462 e. The number of nitrogens with one attached hydrogen (secondary N) is 1. The van der Waals surface area contributed by atoms with Crippen molar-refractivity contribution in [2.24, 2.45) is 5.92 Å². The van der Waals surface area contributed by atoms with Gasteiger partial charge in [-0.25, -0.2) is 4.79 Å². The van der Waals surface area contributed by atoms with Gasteiger partial charge in [-0.2, -0.15) is 0 Å². The van der Waals surface area contributed by atoms with Gasteiger partial charge in [0.1, 0.15) is 5.00 Å². The molecule has 0 radical (unpaired) electrons. The van der Waals surface area contributed by atoms with E-state index >= 15 is 0 Å². The number of piperidine rings is 1. The number of carbonyl (C=O) groups is 2. The van der Waals surface area contributed by atoms with Crippen LogP contribution in [0.3, 0.4) is 0 Å². The van der Waals surface area contributed by atoms with Crippen molar-refractivity contribution in [1.82, 2.24) is 4.90 Å². The molecule has 1 N–H and O–H groups in total. The molecule has 2 heterocycles. The summed E-state index contributed by atoms with van der Waals surface area (Å²) < 4.78 is 5.25. The van der Waals surface area contributed by atoms with E-state index in [0.717, 1.165) is 56.8 Å². The lowest BCUT2D eigenvalue weighted by Gasteiger charge is -2.29. The van der Waals surface area contributed by atoms with Gasteiger partial charge in [-0.3, -0.25) is 4.79 Å². The number of fused-ring (bicyclic) bond motifs is 1. The van der Waals surface area contributed by atoms with E-state index in [9.17, 15) is 9.59 Å². The summed E-state index contributed by atoms with van der Waals surface area (Å²) in [6.07, 6.45) is 7.04. The Morgan fingerprint density at radius 3 is 2.69 bits per heavy atom. The van der Waals surface area contributed by atoms with Gasteiger partial charge in [-0.15, -0.1) is 11.3 Å². The van der Waals surface area contributed by atoms with E-state index < -0.39 is 0 Å². The molecular formula is C20H30N2O3S. The highest BCUT2D eigenvalue weighted by Crippen LogP contribution is 2.38. The minimum atomic E-state index is -0.299. The first-order valence-electron chi connectivity index (χ1n) is 9.92. The van der Waals surface area contributed by atoms with Gasteiger partial charge in [0.15, 0.2) is 0 Å². The fourth-order valence-corrected chi connectivity index (χ4v) is 5.10. The maximum absolute atomic E-state index is 12.5. The van der Waals surface area contributed by atoms with E-state index in [4.69, 9.17) is 4.74 Å². The summed E-state index contributed by atoms with van der Waals surface area (Å²) in [6.45, 7) is 7.40. The van der Waals surface area contributed by atoms with Crippen LogP contribution in [-0.2, 0) is 22.4 Å². The number of thiophene rings is 1. The number of amides is 1. The van der Waals surface area contributed by atoms with Crippen LogP contribution in [0.25, 0.3) is 0 Å². The fraction of sp³-hybridized carbons (Fsp3) is 0.700. The van der Waals surface area contributed by atoms with Crippen LogP contribution in [0.2, 0.25) is 0 Å². The Bertz CT molecular complexity index is 648. The molecule has 1 saturated heterocycles.